The summed E-state index contributed by atoms with van der Waals surface area (Å²) in [5.74, 6) is 1.67. The molecule has 7 heteroatoms. The summed E-state index contributed by atoms with van der Waals surface area (Å²) in [5, 5.41) is 3.14. The average Bonchev–Trinajstić information content (AvgIpc) is 3.35. The molecule has 2 atom stereocenters. The molecule has 1 aliphatic carbocycles. The molecule has 1 aromatic rings. The number of nitrogens with one attached hydrogen (secondary N) is 1. The lowest BCUT2D eigenvalue weighted by molar-refractivity contribution is -0.136. The SMILES string of the molecule is O=C(C[C@@H]1CCN2C[C@@H]1C=CCOc1ccccc1CN(C1CCC1)CC2=O)NCCN1CCCC1. The van der Waals surface area contributed by atoms with Crippen LogP contribution in [-0.4, -0.2) is 85.0 Å². The lowest BCUT2D eigenvalue weighted by atomic mass is 9.82. The molecular formula is C29H42N4O3. The van der Waals surface area contributed by atoms with Crippen molar-refractivity contribution in [2.24, 2.45) is 11.8 Å². The molecule has 196 valence electrons. The molecular weight excluding hydrogens is 452 g/mol. The van der Waals surface area contributed by atoms with Crippen LogP contribution < -0.4 is 10.1 Å². The second kappa shape index (κ2) is 12.2. The van der Waals surface area contributed by atoms with E-state index in [-0.39, 0.29) is 23.7 Å². The third kappa shape index (κ3) is 6.48. The summed E-state index contributed by atoms with van der Waals surface area (Å²) in [4.78, 5) is 33.0. The fraction of sp³-hybridized carbons (Fsp3) is 0.655. The van der Waals surface area contributed by atoms with Gasteiger partial charge in [-0.3, -0.25) is 14.5 Å². The largest absolute Gasteiger partial charge is 0.489 e. The van der Waals surface area contributed by atoms with E-state index >= 15 is 0 Å². The van der Waals surface area contributed by atoms with Gasteiger partial charge in [0.05, 0.1) is 6.54 Å². The average molecular weight is 495 g/mol. The number of hydrogen-bond acceptors (Lipinski definition) is 5. The Bertz CT molecular complexity index is 925. The minimum absolute atomic E-state index is 0.136. The van der Waals surface area contributed by atoms with E-state index < -0.39 is 0 Å². The van der Waals surface area contributed by atoms with Gasteiger partial charge in [-0.2, -0.15) is 0 Å². The van der Waals surface area contributed by atoms with E-state index in [1.807, 2.05) is 23.1 Å². The van der Waals surface area contributed by atoms with Crippen LogP contribution in [0.1, 0.15) is 50.5 Å². The van der Waals surface area contributed by atoms with Gasteiger partial charge in [-0.25, -0.2) is 0 Å². The molecule has 0 radical (unpaired) electrons. The molecule has 1 N–H and O–H groups in total. The number of hydrogen-bond donors (Lipinski definition) is 1. The van der Waals surface area contributed by atoms with Gasteiger partial charge in [-0.1, -0.05) is 36.8 Å². The van der Waals surface area contributed by atoms with Crippen molar-refractivity contribution < 1.29 is 14.3 Å². The number of piperidine rings is 1. The van der Waals surface area contributed by atoms with Crippen LogP contribution in [0.15, 0.2) is 36.4 Å². The fourth-order valence-electron chi connectivity index (χ4n) is 6.10. The Kier molecular flexibility index (Phi) is 8.59. The zero-order valence-corrected chi connectivity index (χ0v) is 21.6. The molecule has 7 nitrogen and oxygen atoms in total. The monoisotopic (exact) mass is 494 g/mol. The maximum Gasteiger partial charge on any atom is 0.236 e. The van der Waals surface area contributed by atoms with Crippen molar-refractivity contribution in [2.45, 2.75) is 57.5 Å². The summed E-state index contributed by atoms with van der Waals surface area (Å²) in [5.41, 5.74) is 1.14. The molecule has 3 aliphatic heterocycles. The van der Waals surface area contributed by atoms with Gasteiger partial charge in [-0.15, -0.1) is 0 Å². The van der Waals surface area contributed by atoms with Crippen molar-refractivity contribution in [2.75, 3.05) is 52.4 Å². The van der Waals surface area contributed by atoms with Gasteiger partial charge in [0, 0.05) is 50.7 Å². The van der Waals surface area contributed by atoms with Gasteiger partial charge in [-0.05, 0) is 63.1 Å². The maximum absolute atomic E-state index is 13.4. The smallest absolute Gasteiger partial charge is 0.236 e. The molecule has 2 amide bonds. The minimum atomic E-state index is 0.136. The first-order chi connectivity index (χ1) is 17.7. The molecule has 2 saturated heterocycles. The predicted molar refractivity (Wildman–Crippen MR) is 141 cm³/mol. The Hall–Kier alpha value is -2.38. The lowest BCUT2D eigenvalue weighted by Crippen LogP contribution is -2.50. The van der Waals surface area contributed by atoms with Crippen molar-refractivity contribution >= 4 is 11.8 Å². The van der Waals surface area contributed by atoms with E-state index in [0.717, 1.165) is 69.8 Å². The number of carbonyl (C=O) groups is 2. The molecule has 2 bridgehead atoms. The van der Waals surface area contributed by atoms with Gasteiger partial charge in [0.1, 0.15) is 12.4 Å². The summed E-state index contributed by atoms with van der Waals surface area (Å²) in [6, 6.07) is 8.68. The van der Waals surface area contributed by atoms with Crippen LogP contribution in [0.5, 0.6) is 5.75 Å². The molecule has 1 aromatic carbocycles. The van der Waals surface area contributed by atoms with Crippen molar-refractivity contribution in [3.05, 3.63) is 42.0 Å². The van der Waals surface area contributed by atoms with Crippen LogP contribution in [0, 0.1) is 11.8 Å². The molecule has 0 unspecified atom stereocenters. The van der Waals surface area contributed by atoms with Gasteiger partial charge in [0.2, 0.25) is 11.8 Å². The summed E-state index contributed by atoms with van der Waals surface area (Å²) in [7, 11) is 0. The van der Waals surface area contributed by atoms with Crippen molar-refractivity contribution in [1.82, 2.24) is 20.0 Å². The van der Waals surface area contributed by atoms with E-state index in [4.69, 9.17) is 4.74 Å². The van der Waals surface area contributed by atoms with E-state index in [2.05, 4.69) is 33.3 Å². The Morgan fingerprint density at radius 2 is 1.86 bits per heavy atom. The van der Waals surface area contributed by atoms with E-state index in [1.165, 1.54) is 19.3 Å². The number of fused-ring (bicyclic) bond motifs is 3. The Balaban J connectivity index is 1.24. The molecule has 1 saturated carbocycles. The van der Waals surface area contributed by atoms with Crippen molar-refractivity contribution in [3.63, 3.8) is 0 Å². The summed E-state index contributed by atoms with van der Waals surface area (Å²) in [6.07, 6.45) is 11.8. The highest BCUT2D eigenvalue weighted by molar-refractivity contribution is 5.79. The summed E-state index contributed by atoms with van der Waals surface area (Å²) >= 11 is 0. The number of nitrogens with zero attached hydrogens (tertiary/aromatic N) is 3. The molecule has 3 fully saturated rings. The summed E-state index contributed by atoms with van der Waals surface area (Å²) < 4.78 is 6.17. The normalized spacial score (nSPS) is 26.2. The number of benzene rings is 1. The first kappa shape index (κ1) is 25.3. The van der Waals surface area contributed by atoms with Crippen LogP contribution in [0.3, 0.4) is 0 Å². The Morgan fingerprint density at radius 3 is 2.67 bits per heavy atom. The molecule has 0 spiro atoms. The van der Waals surface area contributed by atoms with Crippen LogP contribution >= 0.6 is 0 Å². The van der Waals surface area contributed by atoms with Crippen LogP contribution in [0.25, 0.3) is 0 Å². The zero-order chi connectivity index (χ0) is 24.7. The molecule has 36 heavy (non-hydrogen) atoms. The number of amides is 2. The molecule has 0 aromatic heterocycles. The Morgan fingerprint density at radius 1 is 1.03 bits per heavy atom. The van der Waals surface area contributed by atoms with E-state index in [0.29, 0.717) is 32.2 Å². The summed E-state index contributed by atoms with van der Waals surface area (Å²) in [6.45, 7) is 7.09. The quantitative estimate of drug-likeness (QED) is 0.616. The zero-order valence-electron chi connectivity index (χ0n) is 21.6. The Labute approximate surface area is 215 Å². The third-order valence-corrected chi connectivity index (χ3v) is 8.55. The standard InChI is InChI=1S/C29H42N4O3/c34-28(30-13-17-31-14-3-4-15-31)19-23-12-16-32-20-24(23)8-6-18-36-27-11-2-1-7-25(27)21-33(22-29(32)35)26-9-5-10-26/h1-2,6-8,11,23-24,26H,3-5,9-10,12-22H2,(H,30,34)/t23-,24-/m0/s1. The van der Waals surface area contributed by atoms with Crippen molar-refractivity contribution in [3.8, 4) is 5.75 Å². The number of carbonyl (C=O) groups excluding carboxylic acids is 2. The number of likely N-dealkylation sites (tertiary alicyclic amines) is 1. The van der Waals surface area contributed by atoms with E-state index in [9.17, 15) is 9.59 Å². The highest BCUT2D eigenvalue weighted by Gasteiger charge is 2.34. The first-order valence-corrected chi connectivity index (χ1v) is 14.0. The highest BCUT2D eigenvalue weighted by Crippen LogP contribution is 2.31. The predicted octanol–water partition coefficient (Wildman–Crippen LogP) is 3.06. The fourth-order valence-corrected chi connectivity index (χ4v) is 6.10. The highest BCUT2D eigenvalue weighted by atomic mass is 16.5. The van der Waals surface area contributed by atoms with Gasteiger partial charge in [0.25, 0.3) is 0 Å². The number of ether oxygens (including phenoxy) is 1. The molecule has 4 aliphatic rings. The number of para-hydroxylation sites is 1. The van der Waals surface area contributed by atoms with Crippen LogP contribution in [0.2, 0.25) is 0 Å². The second-order valence-corrected chi connectivity index (χ2v) is 11.0. The third-order valence-electron chi connectivity index (χ3n) is 8.55. The molecule has 5 rings (SSSR count). The number of rotatable bonds is 6. The molecule has 3 heterocycles. The lowest BCUT2D eigenvalue weighted by Gasteiger charge is -2.41. The van der Waals surface area contributed by atoms with Gasteiger partial charge in [0.15, 0.2) is 0 Å². The maximum atomic E-state index is 13.4. The topological polar surface area (TPSA) is 65.1 Å². The minimum Gasteiger partial charge on any atom is -0.489 e. The van der Waals surface area contributed by atoms with Gasteiger partial charge < -0.3 is 19.9 Å². The van der Waals surface area contributed by atoms with E-state index in [1.54, 1.807) is 0 Å². The van der Waals surface area contributed by atoms with Crippen LogP contribution in [0.4, 0.5) is 0 Å². The van der Waals surface area contributed by atoms with Crippen LogP contribution in [-0.2, 0) is 16.1 Å². The van der Waals surface area contributed by atoms with Gasteiger partial charge >= 0.3 is 0 Å². The first-order valence-electron chi connectivity index (χ1n) is 14.0. The van der Waals surface area contributed by atoms with Crippen molar-refractivity contribution in [1.29, 1.82) is 0 Å². The second-order valence-electron chi connectivity index (χ2n) is 11.0.